The maximum absolute atomic E-state index is 12.3. The topological polar surface area (TPSA) is 69.6 Å². The summed E-state index contributed by atoms with van der Waals surface area (Å²) in [5.74, 6) is -0.351. The van der Waals surface area contributed by atoms with Crippen molar-refractivity contribution in [3.05, 3.63) is 65.2 Å². The average Bonchev–Trinajstić information content (AvgIpc) is 2.86. The number of carbonyl (C=O) groups is 2. The number of fused-ring (bicyclic) bond motifs is 1. The van der Waals surface area contributed by atoms with Gasteiger partial charge in [-0.3, -0.25) is 14.5 Å². The summed E-state index contributed by atoms with van der Waals surface area (Å²) >= 11 is 5.54. The molecule has 1 aliphatic rings. The number of benzene rings is 2. The minimum absolute atomic E-state index is 0.171. The van der Waals surface area contributed by atoms with E-state index in [1.807, 2.05) is 24.3 Å². The van der Waals surface area contributed by atoms with Crippen LogP contribution in [0.3, 0.4) is 0 Å². The van der Waals surface area contributed by atoms with Crippen LogP contribution in [-0.4, -0.2) is 40.3 Å². The third-order valence-corrected chi connectivity index (χ3v) is 4.25. The predicted octanol–water partition coefficient (Wildman–Crippen LogP) is 2.49. The second-order valence-electron chi connectivity index (χ2n) is 5.63. The highest BCUT2D eigenvalue weighted by Crippen LogP contribution is 2.24. The van der Waals surface area contributed by atoms with Gasteiger partial charge in [0.15, 0.2) is 0 Å². The van der Waals surface area contributed by atoms with E-state index >= 15 is 0 Å². The minimum Gasteiger partial charge on any atom is -0.390 e. The zero-order valence-electron chi connectivity index (χ0n) is 12.9. The molecule has 2 aromatic carbocycles. The number of halogens is 1. The lowest BCUT2D eigenvalue weighted by molar-refractivity contribution is 0.0642. The third kappa shape index (κ3) is 3.27. The molecule has 124 valence electrons. The van der Waals surface area contributed by atoms with Gasteiger partial charge in [-0.2, -0.15) is 0 Å². The van der Waals surface area contributed by atoms with Crippen LogP contribution >= 0.6 is 11.6 Å². The second-order valence-corrected chi connectivity index (χ2v) is 5.94. The van der Waals surface area contributed by atoms with Gasteiger partial charge in [0, 0.05) is 12.2 Å². The molecule has 3 rings (SSSR count). The van der Waals surface area contributed by atoms with Gasteiger partial charge in [-0.15, -0.1) is 11.6 Å². The van der Waals surface area contributed by atoms with Crippen molar-refractivity contribution >= 4 is 29.1 Å². The van der Waals surface area contributed by atoms with E-state index in [-0.39, 0.29) is 24.2 Å². The zero-order chi connectivity index (χ0) is 17.1. The highest BCUT2D eigenvalue weighted by molar-refractivity contribution is 6.21. The van der Waals surface area contributed by atoms with Crippen molar-refractivity contribution in [3.63, 3.8) is 0 Å². The summed E-state index contributed by atoms with van der Waals surface area (Å²) in [7, 11) is 0. The summed E-state index contributed by atoms with van der Waals surface area (Å²) in [6.45, 7) is 0.595. The molecule has 0 radical (unpaired) electrons. The Balaban J connectivity index is 1.67. The molecule has 24 heavy (non-hydrogen) atoms. The van der Waals surface area contributed by atoms with Crippen LogP contribution in [0.25, 0.3) is 0 Å². The first-order valence-electron chi connectivity index (χ1n) is 7.62. The first-order valence-corrected chi connectivity index (χ1v) is 8.15. The molecule has 0 fully saturated rings. The fraction of sp³-hybridized carbons (Fsp3) is 0.222. The molecule has 2 aromatic rings. The number of aliphatic hydroxyl groups is 1. The Bertz CT molecular complexity index is 726. The molecular formula is C18H17ClN2O3. The lowest BCUT2D eigenvalue weighted by atomic mass is 10.1. The molecule has 2 amide bonds. The molecule has 0 aromatic heterocycles. The molecule has 0 spiro atoms. The van der Waals surface area contributed by atoms with Crippen LogP contribution in [0, 0.1) is 0 Å². The lowest BCUT2D eigenvalue weighted by Crippen LogP contribution is -2.29. The predicted molar refractivity (Wildman–Crippen MR) is 92.3 cm³/mol. The van der Waals surface area contributed by atoms with E-state index in [9.17, 15) is 14.7 Å². The maximum atomic E-state index is 12.3. The van der Waals surface area contributed by atoms with E-state index in [1.54, 1.807) is 24.3 Å². The Morgan fingerprint density at radius 2 is 1.58 bits per heavy atom. The van der Waals surface area contributed by atoms with Crippen molar-refractivity contribution in [3.8, 4) is 0 Å². The van der Waals surface area contributed by atoms with Crippen LogP contribution in [-0.2, 0) is 6.54 Å². The Morgan fingerprint density at radius 1 is 1.00 bits per heavy atom. The monoisotopic (exact) mass is 344 g/mol. The van der Waals surface area contributed by atoms with Gasteiger partial charge in [0.25, 0.3) is 11.8 Å². The van der Waals surface area contributed by atoms with Crippen LogP contribution < -0.4 is 5.32 Å². The molecular weight excluding hydrogens is 328 g/mol. The number of rotatable bonds is 6. The fourth-order valence-electron chi connectivity index (χ4n) is 2.58. The number of amides is 2. The Hall–Kier alpha value is -2.37. The molecule has 6 heteroatoms. The van der Waals surface area contributed by atoms with Crippen LogP contribution in [0.5, 0.6) is 0 Å². The Morgan fingerprint density at radius 3 is 2.12 bits per heavy atom. The third-order valence-electron chi connectivity index (χ3n) is 3.89. The van der Waals surface area contributed by atoms with E-state index < -0.39 is 6.10 Å². The van der Waals surface area contributed by atoms with Crippen LogP contribution in [0.2, 0.25) is 0 Å². The number of hydrogen-bond acceptors (Lipinski definition) is 4. The molecule has 0 bridgehead atoms. The number of nitrogens with zero attached hydrogens (tertiary/aromatic N) is 1. The van der Waals surface area contributed by atoms with Crippen molar-refractivity contribution in [1.29, 1.82) is 0 Å². The maximum Gasteiger partial charge on any atom is 0.261 e. The van der Waals surface area contributed by atoms with Gasteiger partial charge in [-0.1, -0.05) is 24.3 Å². The summed E-state index contributed by atoms with van der Waals surface area (Å²) in [5.41, 5.74) is 2.60. The summed E-state index contributed by atoms with van der Waals surface area (Å²) in [6, 6.07) is 14.2. The summed E-state index contributed by atoms with van der Waals surface area (Å²) in [6.07, 6.45) is -0.607. The van der Waals surface area contributed by atoms with E-state index in [0.717, 1.165) is 11.3 Å². The van der Waals surface area contributed by atoms with Gasteiger partial charge >= 0.3 is 0 Å². The van der Waals surface area contributed by atoms with E-state index in [0.29, 0.717) is 17.7 Å². The number of anilines is 1. The SMILES string of the molecule is O=C1c2ccccc2C(=O)N1Cc1ccc(NCC(O)CCl)cc1. The molecule has 0 saturated heterocycles. The Labute approximate surface area is 144 Å². The number of carbonyl (C=O) groups excluding carboxylic acids is 2. The largest absolute Gasteiger partial charge is 0.390 e. The van der Waals surface area contributed by atoms with E-state index in [2.05, 4.69) is 5.32 Å². The molecule has 1 atom stereocenters. The average molecular weight is 345 g/mol. The number of imide groups is 1. The van der Waals surface area contributed by atoms with Crippen molar-refractivity contribution in [2.45, 2.75) is 12.6 Å². The van der Waals surface area contributed by atoms with Gasteiger partial charge in [0.2, 0.25) is 0 Å². The van der Waals surface area contributed by atoms with E-state index in [4.69, 9.17) is 11.6 Å². The van der Waals surface area contributed by atoms with Crippen LogP contribution in [0.15, 0.2) is 48.5 Å². The van der Waals surface area contributed by atoms with Gasteiger partial charge < -0.3 is 10.4 Å². The summed E-state index contributed by atoms with van der Waals surface area (Å²) in [4.78, 5) is 25.9. The van der Waals surface area contributed by atoms with E-state index in [1.165, 1.54) is 4.90 Å². The molecule has 2 N–H and O–H groups in total. The summed E-state index contributed by atoms with van der Waals surface area (Å²) in [5, 5.41) is 12.5. The minimum atomic E-state index is -0.607. The number of nitrogens with one attached hydrogen (secondary N) is 1. The molecule has 1 heterocycles. The molecule has 1 aliphatic heterocycles. The first-order chi connectivity index (χ1) is 11.6. The van der Waals surface area contributed by atoms with Crippen LogP contribution in [0.4, 0.5) is 5.69 Å². The quantitative estimate of drug-likeness (QED) is 0.624. The van der Waals surface area contributed by atoms with Crippen molar-refractivity contribution in [1.82, 2.24) is 4.90 Å². The van der Waals surface area contributed by atoms with Crippen molar-refractivity contribution < 1.29 is 14.7 Å². The number of hydrogen-bond donors (Lipinski definition) is 2. The summed E-state index contributed by atoms with van der Waals surface area (Å²) < 4.78 is 0. The fourth-order valence-corrected chi connectivity index (χ4v) is 2.69. The highest BCUT2D eigenvalue weighted by Gasteiger charge is 2.34. The molecule has 5 nitrogen and oxygen atoms in total. The van der Waals surface area contributed by atoms with Crippen LogP contribution in [0.1, 0.15) is 26.3 Å². The lowest BCUT2D eigenvalue weighted by Gasteiger charge is -2.15. The Kier molecular flexibility index (Phi) is 4.83. The van der Waals surface area contributed by atoms with Gasteiger partial charge in [0.1, 0.15) is 0 Å². The van der Waals surface area contributed by atoms with Gasteiger partial charge in [-0.05, 0) is 29.8 Å². The second kappa shape index (κ2) is 7.03. The van der Waals surface area contributed by atoms with Crippen molar-refractivity contribution in [2.24, 2.45) is 0 Å². The standard InChI is InChI=1S/C18H17ClN2O3/c19-9-14(22)10-20-13-7-5-12(6-8-13)11-21-17(23)15-3-1-2-4-16(15)18(21)24/h1-8,14,20,22H,9-11H2. The zero-order valence-corrected chi connectivity index (χ0v) is 13.7. The normalized spacial score (nSPS) is 14.7. The molecule has 0 saturated carbocycles. The van der Waals surface area contributed by atoms with Gasteiger partial charge in [0.05, 0.1) is 29.7 Å². The molecule has 0 aliphatic carbocycles. The number of aliphatic hydroxyl groups excluding tert-OH is 1. The molecule has 1 unspecified atom stereocenters. The first kappa shape index (κ1) is 16.5. The smallest absolute Gasteiger partial charge is 0.261 e. The highest BCUT2D eigenvalue weighted by atomic mass is 35.5. The van der Waals surface area contributed by atoms with Crippen molar-refractivity contribution in [2.75, 3.05) is 17.7 Å². The van der Waals surface area contributed by atoms with Gasteiger partial charge in [-0.25, -0.2) is 0 Å². The number of alkyl halides is 1.